The van der Waals surface area contributed by atoms with Gasteiger partial charge in [-0.15, -0.1) is 5.10 Å². The topological polar surface area (TPSA) is 30.7 Å². The number of hydrogen-bond acceptors (Lipinski definition) is 2. The molecule has 0 bridgehead atoms. The fourth-order valence-electron chi connectivity index (χ4n) is 2.78. The van der Waals surface area contributed by atoms with Crippen molar-refractivity contribution in [3.63, 3.8) is 0 Å². The lowest BCUT2D eigenvalue weighted by Gasteiger charge is -1.95. The molecule has 0 spiro atoms. The van der Waals surface area contributed by atoms with Crippen LogP contribution in [0.15, 0.2) is 6.20 Å². The van der Waals surface area contributed by atoms with Crippen LogP contribution >= 0.6 is 0 Å². The van der Waals surface area contributed by atoms with E-state index in [1.54, 1.807) is 0 Å². The lowest BCUT2D eigenvalue weighted by Crippen LogP contribution is -1.87. The first kappa shape index (κ1) is 6.63. The summed E-state index contributed by atoms with van der Waals surface area (Å²) in [7, 11) is 1.94. The molecular weight excluding hydrogens is 150 g/mol. The average molecular weight is 163 g/mol. The molecule has 3 rings (SSSR count). The highest BCUT2D eigenvalue weighted by Crippen LogP contribution is 2.62. The monoisotopic (exact) mass is 163 g/mol. The first-order valence-electron chi connectivity index (χ1n) is 4.72. The summed E-state index contributed by atoms with van der Waals surface area (Å²) in [6.07, 6.45) is 6.35. The highest BCUT2D eigenvalue weighted by molar-refractivity contribution is 5.20. The van der Waals surface area contributed by atoms with Crippen LogP contribution in [0.4, 0.5) is 0 Å². The lowest BCUT2D eigenvalue weighted by atomic mass is 10.1. The van der Waals surface area contributed by atoms with Crippen molar-refractivity contribution < 1.29 is 0 Å². The number of hydrogen-bond donors (Lipinski definition) is 0. The molecule has 1 heterocycles. The van der Waals surface area contributed by atoms with E-state index in [2.05, 4.69) is 16.5 Å². The van der Waals surface area contributed by atoms with Crippen molar-refractivity contribution in [2.75, 3.05) is 0 Å². The van der Waals surface area contributed by atoms with Crippen LogP contribution in [0.3, 0.4) is 0 Å². The minimum atomic E-state index is 0.771. The number of fused-ring (bicyclic) bond motifs is 1. The predicted molar refractivity (Wildman–Crippen MR) is 44.6 cm³/mol. The Morgan fingerprint density at radius 2 is 2.17 bits per heavy atom. The Bertz CT molecular complexity index is 294. The Kier molecular flexibility index (Phi) is 1.15. The van der Waals surface area contributed by atoms with Crippen LogP contribution in [-0.4, -0.2) is 15.0 Å². The maximum absolute atomic E-state index is 4.17. The van der Waals surface area contributed by atoms with Crippen molar-refractivity contribution in [1.29, 1.82) is 0 Å². The van der Waals surface area contributed by atoms with Crippen molar-refractivity contribution in [2.45, 2.75) is 25.2 Å². The Labute approximate surface area is 71.8 Å². The van der Waals surface area contributed by atoms with Gasteiger partial charge in [-0.2, -0.15) is 0 Å². The van der Waals surface area contributed by atoms with Crippen LogP contribution in [0.5, 0.6) is 0 Å². The summed E-state index contributed by atoms with van der Waals surface area (Å²) >= 11 is 0. The van der Waals surface area contributed by atoms with Crippen molar-refractivity contribution in [3.8, 4) is 0 Å². The second-order valence-corrected chi connectivity index (χ2v) is 4.10. The zero-order valence-corrected chi connectivity index (χ0v) is 7.27. The highest BCUT2D eigenvalue weighted by atomic mass is 15.4. The third kappa shape index (κ3) is 0.765. The lowest BCUT2D eigenvalue weighted by molar-refractivity contribution is 0.667. The third-order valence-corrected chi connectivity index (χ3v) is 3.37. The van der Waals surface area contributed by atoms with Gasteiger partial charge in [0.05, 0.1) is 5.69 Å². The van der Waals surface area contributed by atoms with Crippen molar-refractivity contribution in [3.05, 3.63) is 11.9 Å². The summed E-state index contributed by atoms with van der Waals surface area (Å²) in [5.74, 6) is 2.69. The molecular formula is C9H13N3. The third-order valence-electron chi connectivity index (χ3n) is 3.37. The quantitative estimate of drug-likeness (QED) is 0.625. The normalized spacial score (nSPS) is 38.2. The van der Waals surface area contributed by atoms with Gasteiger partial charge in [0.15, 0.2) is 0 Å². The summed E-state index contributed by atoms with van der Waals surface area (Å²) < 4.78 is 1.81. The summed E-state index contributed by atoms with van der Waals surface area (Å²) in [4.78, 5) is 0. The molecule has 12 heavy (non-hydrogen) atoms. The molecule has 2 aliphatic carbocycles. The molecule has 2 atom stereocenters. The van der Waals surface area contributed by atoms with Gasteiger partial charge in [-0.1, -0.05) is 11.6 Å². The molecule has 3 nitrogen and oxygen atoms in total. The molecule has 0 amide bonds. The Hall–Kier alpha value is -0.860. The summed E-state index contributed by atoms with van der Waals surface area (Å²) in [6.45, 7) is 0. The molecule has 2 fully saturated rings. The van der Waals surface area contributed by atoms with E-state index in [9.17, 15) is 0 Å². The van der Waals surface area contributed by atoms with Crippen molar-refractivity contribution in [2.24, 2.45) is 18.9 Å². The van der Waals surface area contributed by atoms with Gasteiger partial charge in [0, 0.05) is 19.2 Å². The van der Waals surface area contributed by atoms with Gasteiger partial charge in [0.1, 0.15) is 0 Å². The van der Waals surface area contributed by atoms with Crippen LogP contribution in [-0.2, 0) is 7.05 Å². The minimum absolute atomic E-state index is 0.771. The molecule has 2 aliphatic rings. The molecule has 1 aromatic rings. The number of rotatable bonds is 1. The maximum Gasteiger partial charge on any atom is 0.0863 e. The predicted octanol–water partition coefficient (Wildman–Crippen LogP) is 1.33. The van der Waals surface area contributed by atoms with Crippen LogP contribution in [0.2, 0.25) is 0 Å². The number of nitrogens with zero attached hydrogens (tertiary/aromatic N) is 3. The molecule has 0 saturated heterocycles. The Morgan fingerprint density at radius 3 is 2.75 bits per heavy atom. The molecule has 0 N–H and O–H groups in total. The smallest absolute Gasteiger partial charge is 0.0863 e. The van der Waals surface area contributed by atoms with E-state index in [0.717, 1.165) is 17.8 Å². The first-order chi connectivity index (χ1) is 5.86. The van der Waals surface area contributed by atoms with E-state index in [1.807, 2.05) is 11.7 Å². The molecule has 2 unspecified atom stereocenters. The van der Waals surface area contributed by atoms with Gasteiger partial charge in [-0.25, -0.2) is 0 Å². The second-order valence-electron chi connectivity index (χ2n) is 4.10. The van der Waals surface area contributed by atoms with Crippen molar-refractivity contribution in [1.82, 2.24) is 15.0 Å². The van der Waals surface area contributed by atoms with Gasteiger partial charge in [0.2, 0.25) is 0 Å². The Morgan fingerprint density at radius 1 is 1.42 bits per heavy atom. The molecule has 3 heteroatoms. The van der Waals surface area contributed by atoms with E-state index >= 15 is 0 Å². The van der Waals surface area contributed by atoms with Gasteiger partial charge in [-0.05, 0) is 24.7 Å². The minimum Gasteiger partial charge on any atom is -0.255 e. The van der Waals surface area contributed by atoms with Crippen LogP contribution < -0.4 is 0 Å². The number of aromatic nitrogens is 3. The molecule has 0 radical (unpaired) electrons. The fourth-order valence-corrected chi connectivity index (χ4v) is 2.78. The first-order valence-corrected chi connectivity index (χ1v) is 4.72. The van der Waals surface area contributed by atoms with Gasteiger partial charge in [0.25, 0.3) is 0 Å². The van der Waals surface area contributed by atoms with Gasteiger partial charge < -0.3 is 0 Å². The summed E-state index contributed by atoms with van der Waals surface area (Å²) in [6, 6.07) is 0. The molecule has 2 saturated carbocycles. The van der Waals surface area contributed by atoms with E-state index in [0.29, 0.717) is 0 Å². The van der Waals surface area contributed by atoms with Gasteiger partial charge in [-0.3, -0.25) is 4.68 Å². The molecule has 0 aliphatic heterocycles. The molecule has 64 valence electrons. The molecule has 0 aromatic carbocycles. The SMILES string of the molecule is Cn1cc(C2C3CCCC32)nn1. The van der Waals surface area contributed by atoms with E-state index < -0.39 is 0 Å². The zero-order valence-electron chi connectivity index (χ0n) is 7.27. The fraction of sp³-hybridized carbons (Fsp3) is 0.778. The summed E-state index contributed by atoms with van der Waals surface area (Å²) in [5.41, 5.74) is 1.23. The van der Waals surface area contributed by atoms with Crippen LogP contribution in [0, 0.1) is 11.8 Å². The van der Waals surface area contributed by atoms with E-state index in [-0.39, 0.29) is 0 Å². The Balaban J connectivity index is 1.84. The zero-order chi connectivity index (χ0) is 8.13. The number of aryl methyl sites for hydroxylation is 1. The maximum atomic E-state index is 4.17. The van der Waals surface area contributed by atoms with E-state index in [1.165, 1.54) is 25.0 Å². The van der Waals surface area contributed by atoms with Crippen molar-refractivity contribution >= 4 is 0 Å². The summed E-state index contributed by atoms with van der Waals surface area (Å²) in [5, 5.41) is 8.15. The average Bonchev–Trinajstić information content (AvgIpc) is 2.55. The van der Waals surface area contributed by atoms with Gasteiger partial charge >= 0.3 is 0 Å². The van der Waals surface area contributed by atoms with Crippen LogP contribution in [0.25, 0.3) is 0 Å². The standard InChI is InChI=1S/C9H13N3/c1-12-5-8(10-11-12)9-6-3-2-4-7(6)9/h5-7,9H,2-4H2,1H3. The molecule has 1 aromatic heterocycles. The second kappa shape index (κ2) is 2.09. The van der Waals surface area contributed by atoms with Crippen LogP contribution in [0.1, 0.15) is 30.9 Å². The van der Waals surface area contributed by atoms with E-state index in [4.69, 9.17) is 0 Å². The highest BCUT2D eigenvalue weighted by Gasteiger charge is 2.54. The largest absolute Gasteiger partial charge is 0.255 e.